The molecule has 1 N–H and O–H groups in total. The minimum Gasteiger partial charge on any atom is -0.313 e. The summed E-state index contributed by atoms with van der Waals surface area (Å²) in [5.74, 6) is 5.64. The van der Waals surface area contributed by atoms with E-state index in [1.807, 2.05) is 5.57 Å². The monoisotopic (exact) mass is 385 g/mol. The Morgan fingerprint density at radius 3 is 2.79 bits per heavy atom. The fraction of sp³-hybridized carbons (Fsp3) is 0.926. The van der Waals surface area contributed by atoms with E-state index in [0.29, 0.717) is 5.41 Å². The predicted octanol–water partition coefficient (Wildman–Crippen LogP) is 7.37. The zero-order chi connectivity index (χ0) is 19.7. The van der Waals surface area contributed by atoms with Gasteiger partial charge in [-0.2, -0.15) is 0 Å². The van der Waals surface area contributed by atoms with Crippen LogP contribution < -0.4 is 5.32 Å². The van der Waals surface area contributed by atoms with Crippen molar-refractivity contribution in [3.05, 3.63) is 11.6 Å². The van der Waals surface area contributed by atoms with E-state index >= 15 is 0 Å². The van der Waals surface area contributed by atoms with Gasteiger partial charge in [0.25, 0.3) is 0 Å². The number of fused-ring (bicyclic) bond motifs is 5. The summed E-state index contributed by atoms with van der Waals surface area (Å²) in [5, 5.41) is 4.11. The van der Waals surface area contributed by atoms with Crippen LogP contribution >= 0.6 is 0 Å². The summed E-state index contributed by atoms with van der Waals surface area (Å²) in [5.41, 5.74) is 2.40. The van der Waals surface area contributed by atoms with Crippen LogP contribution in [-0.2, 0) is 0 Å². The first kappa shape index (κ1) is 21.0. The molecule has 1 aliphatic heterocycles. The van der Waals surface area contributed by atoms with Crippen molar-refractivity contribution in [3.63, 3.8) is 0 Å². The second-order valence-corrected chi connectivity index (χ2v) is 11.5. The standard InChI is InChI=1S/C27H47N/c1-5-20(19(2)3)9-8-10-21-12-14-24-23-15-13-22-11-6-7-17-27(22,4)25(23)16-18-28-26(21)24/h13,19-21,23-26,28H,5-12,14-18H2,1-4H3. The zero-order valence-corrected chi connectivity index (χ0v) is 19.3. The highest BCUT2D eigenvalue weighted by Gasteiger charge is 2.51. The molecule has 1 heteroatoms. The highest BCUT2D eigenvalue weighted by Crippen LogP contribution is 2.58. The van der Waals surface area contributed by atoms with Gasteiger partial charge in [-0.3, -0.25) is 0 Å². The number of hydrogen-bond acceptors (Lipinski definition) is 1. The Morgan fingerprint density at radius 1 is 1.14 bits per heavy atom. The summed E-state index contributed by atoms with van der Waals surface area (Å²) in [6.45, 7) is 11.2. The van der Waals surface area contributed by atoms with Gasteiger partial charge in [-0.1, -0.05) is 65.0 Å². The van der Waals surface area contributed by atoms with Gasteiger partial charge >= 0.3 is 0 Å². The predicted molar refractivity (Wildman–Crippen MR) is 121 cm³/mol. The van der Waals surface area contributed by atoms with E-state index in [-0.39, 0.29) is 0 Å². The molecular formula is C27H47N. The van der Waals surface area contributed by atoms with Gasteiger partial charge in [0.15, 0.2) is 0 Å². The van der Waals surface area contributed by atoms with E-state index in [0.717, 1.165) is 41.5 Å². The Balaban J connectivity index is 1.41. The Morgan fingerprint density at radius 2 is 2.00 bits per heavy atom. The molecule has 0 aromatic rings. The Bertz CT molecular complexity index is 548. The van der Waals surface area contributed by atoms with Gasteiger partial charge in [0.1, 0.15) is 0 Å². The summed E-state index contributed by atoms with van der Waals surface area (Å²) in [4.78, 5) is 0. The molecule has 1 saturated heterocycles. The van der Waals surface area contributed by atoms with Crippen LogP contribution in [-0.4, -0.2) is 12.6 Å². The van der Waals surface area contributed by atoms with Crippen LogP contribution in [0.4, 0.5) is 0 Å². The van der Waals surface area contributed by atoms with E-state index in [1.165, 1.54) is 83.6 Å². The largest absolute Gasteiger partial charge is 0.313 e. The normalized spacial score (nSPS) is 41.6. The van der Waals surface area contributed by atoms with Crippen molar-refractivity contribution in [1.29, 1.82) is 0 Å². The third kappa shape index (κ3) is 3.86. The summed E-state index contributed by atoms with van der Waals surface area (Å²) in [6.07, 6.45) is 20.1. The van der Waals surface area contributed by atoms with Gasteiger partial charge in [-0.15, -0.1) is 0 Å². The van der Waals surface area contributed by atoms with Crippen LogP contribution in [0.3, 0.4) is 0 Å². The van der Waals surface area contributed by atoms with E-state index in [4.69, 9.17) is 0 Å². The average molecular weight is 386 g/mol. The summed E-state index contributed by atoms with van der Waals surface area (Å²) < 4.78 is 0. The van der Waals surface area contributed by atoms with Gasteiger partial charge < -0.3 is 5.32 Å². The first-order chi connectivity index (χ1) is 13.5. The van der Waals surface area contributed by atoms with Crippen LogP contribution in [0.25, 0.3) is 0 Å². The summed E-state index contributed by atoms with van der Waals surface area (Å²) in [7, 11) is 0. The van der Waals surface area contributed by atoms with Crippen molar-refractivity contribution in [2.45, 2.75) is 111 Å². The lowest BCUT2D eigenvalue weighted by atomic mass is 9.54. The smallest absolute Gasteiger partial charge is 0.0126 e. The quantitative estimate of drug-likeness (QED) is 0.471. The van der Waals surface area contributed by atoms with E-state index < -0.39 is 0 Å². The van der Waals surface area contributed by atoms with Crippen molar-refractivity contribution < 1.29 is 0 Å². The summed E-state index contributed by atoms with van der Waals surface area (Å²) in [6, 6.07) is 0.830. The topological polar surface area (TPSA) is 12.0 Å². The molecule has 0 radical (unpaired) electrons. The van der Waals surface area contributed by atoms with Crippen LogP contribution in [0.2, 0.25) is 0 Å². The minimum atomic E-state index is 0.543. The average Bonchev–Trinajstić information content (AvgIpc) is 2.97. The molecule has 0 amide bonds. The number of allylic oxidation sites excluding steroid dienone is 2. The Labute approximate surface area is 175 Å². The molecule has 0 aromatic heterocycles. The summed E-state index contributed by atoms with van der Waals surface area (Å²) >= 11 is 0. The zero-order valence-electron chi connectivity index (χ0n) is 19.3. The van der Waals surface area contributed by atoms with Crippen molar-refractivity contribution >= 4 is 0 Å². The fourth-order valence-corrected chi connectivity index (χ4v) is 8.23. The lowest BCUT2D eigenvalue weighted by molar-refractivity contribution is 0.0733. The lowest BCUT2D eigenvalue weighted by Crippen LogP contribution is -2.43. The molecule has 160 valence electrons. The van der Waals surface area contributed by atoms with Gasteiger partial charge in [-0.25, -0.2) is 0 Å². The van der Waals surface area contributed by atoms with Gasteiger partial charge in [0.05, 0.1) is 0 Å². The molecule has 3 fully saturated rings. The third-order valence-corrected chi connectivity index (χ3v) is 9.94. The molecular weight excluding hydrogens is 338 g/mol. The van der Waals surface area contributed by atoms with Crippen LogP contribution in [0.1, 0.15) is 105 Å². The van der Waals surface area contributed by atoms with Crippen molar-refractivity contribution in [1.82, 2.24) is 5.32 Å². The molecule has 2 saturated carbocycles. The Hall–Kier alpha value is -0.300. The molecule has 0 spiro atoms. The first-order valence-corrected chi connectivity index (χ1v) is 13.0. The van der Waals surface area contributed by atoms with Crippen molar-refractivity contribution in [2.75, 3.05) is 6.54 Å². The molecule has 3 aliphatic carbocycles. The van der Waals surface area contributed by atoms with E-state index in [1.54, 1.807) is 0 Å². The highest BCUT2D eigenvalue weighted by atomic mass is 15.0. The molecule has 28 heavy (non-hydrogen) atoms. The third-order valence-electron chi connectivity index (χ3n) is 9.94. The van der Waals surface area contributed by atoms with Crippen molar-refractivity contribution in [3.8, 4) is 0 Å². The second-order valence-electron chi connectivity index (χ2n) is 11.5. The Kier molecular flexibility index (Phi) is 6.60. The van der Waals surface area contributed by atoms with E-state index in [2.05, 4.69) is 39.1 Å². The SMILES string of the molecule is CCC(CCCC1CCC2C3CC=C4CCCCC4(C)C3CCNC12)C(C)C. The highest BCUT2D eigenvalue weighted by molar-refractivity contribution is 5.23. The van der Waals surface area contributed by atoms with Gasteiger partial charge in [0, 0.05) is 6.04 Å². The molecule has 1 nitrogen and oxygen atoms in total. The molecule has 1 heterocycles. The molecule has 0 bridgehead atoms. The lowest BCUT2D eigenvalue weighted by Gasteiger charge is -2.50. The second kappa shape index (κ2) is 8.83. The van der Waals surface area contributed by atoms with Gasteiger partial charge in [0.2, 0.25) is 0 Å². The molecule has 7 atom stereocenters. The minimum absolute atomic E-state index is 0.543. The van der Waals surface area contributed by atoms with Crippen LogP contribution in [0, 0.1) is 40.9 Å². The number of rotatable bonds is 6. The molecule has 4 rings (SSSR count). The molecule has 7 unspecified atom stereocenters. The molecule has 0 aromatic carbocycles. The maximum atomic E-state index is 4.11. The van der Waals surface area contributed by atoms with Gasteiger partial charge in [-0.05, 0) is 98.8 Å². The van der Waals surface area contributed by atoms with Crippen molar-refractivity contribution in [2.24, 2.45) is 40.9 Å². The molecule has 4 aliphatic rings. The van der Waals surface area contributed by atoms with Crippen LogP contribution in [0.5, 0.6) is 0 Å². The van der Waals surface area contributed by atoms with Crippen LogP contribution in [0.15, 0.2) is 11.6 Å². The first-order valence-electron chi connectivity index (χ1n) is 13.0. The maximum absolute atomic E-state index is 4.11. The number of hydrogen-bond donors (Lipinski definition) is 1. The maximum Gasteiger partial charge on any atom is 0.0126 e. The number of nitrogens with one attached hydrogen (secondary N) is 1. The fourth-order valence-electron chi connectivity index (χ4n) is 8.23. The van der Waals surface area contributed by atoms with E-state index in [9.17, 15) is 0 Å².